The molecule has 11 heteroatoms. The molecule has 0 amide bonds. The van der Waals surface area contributed by atoms with Crippen LogP contribution in [0.25, 0.3) is 40.4 Å². The standard InChI is InChI=1S/C32H28O6S5/c1-39-23-7-3-5-19(15-23)27-17-21(9-13-29(33)34)31(41-27)25-11-12-26(40-25)32-22(10-14-30(35)36)18-28(42-32)20-6-4-8-24(16-20)43(2,37)38/h3-8,11-12,15-18H,9-10,13-14H2,1-2H3,(H,33,34)(H,35,36). The fraction of sp³-hybridized carbons (Fsp3) is 0.188. The van der Waals surface area contributed by atoms with Crippen molar-refractivity contribution in [3.05, 3.63) is 83.9 Å². The van der Waals surface area contributed by atoms with E-state index in [1.165, 1.54) is 17.6 Å². The number of hydrogen-bond donors (Lipinski definition) is 2. The van der Waals surface area contributed by atoms with Crippen molar-refractivity contribution in [2.75, 3.05) is 12.5 Å². The van der Waals surface area contributed by atoms with Crippen molar-refractivity contribution in [1.29, 1.82) is 0 Å². The number of carboxylic acids is 2. The second-order valence-corrected chi connectivity index (χ2v) is 16.0. The number of rotatable bonds is 12. The van der Waals surface area contributed by atoms with Crippen LogP contribution in [-0.2, 0) is 32.3 Å². The maximum absolute atomic E-state index is 12.2. The molecule has 0 spiro atoms. The maximum Gasteiger partial charge on any atom is 0.303 e. The Morgan fingerprint density at radius 3 is 1.70 bits per heavy atom. The molecule has 3 aromatic heterocycles. The largest absolute Gasteiger partial charge is 0.481 e. The van der Waals surface area contributed by atoms with Crippen molar-refractivity contribution in [3.8, 4) is 40.4 Å². The van der Waals surface area contributed by atoms with Crippen LogP contribution in [0, 0.1) is 0 Å². The lowest BCUT2D eigenvalue weighted by molar-refractivity contribution is -0.138. The summed E-state index contributed by atoms with van der Waals surface area (Å²) in [7, 11) is -3.38. The van der Waals surface area contributed by atoms with Gasteiger partial charge in [0.2, 0.25) is 0 Å². The molecule has 0 aliphatic rings. The van der Waals surface area contributed by atoms with E-state index in [-0.39, 0.29) is 17.7 Å². The summed E-state index contributed by atoms with van der Waals surface area (Å²) in [5, 5.41) is 18.8. The number of hydrogen-bond acceptors (Lipinski definition) is 8. The van der Waals surface area contributed by atoms with Gasteiger partial charge in [-0.05, 0) is 89.9 Å². The van der Waals surface area contributed by atoms with E-state index in [9.17, 15) is 28.2 Å². The maximum atomic E-state index is 12.2. The molecule has 222 valence electrons. The number of carbonyl (C=O) groups is 2. The second kappa shape index (κ2) is 13.2. The van der Waals surface area contributed by atoms with Gasteiger partial charge in [-0.3, -0.25) is 9.59 Å². The van der Waals surface area contributed by atoms with E-state index in [0.717, 1.165) is 56.4 Å². The molecular formula is C32H28O6S5. The summed E-state index contributed by atoms with van der Waals surface area (Å²) in [5.74, 6) is -1.73. The predicted octanol–water partition coefficient (Wildman–Crippen LogP) is 8.70. The summed E-state index contributed by atoms with van der Waals surface area (Å²) < 4.78 is 24.3. The Morgan fingerprint density at radius 2 is 1.21 bits per heavy atom. The van der Waals surface area contributed by atoms with Crippen LogP contribution in [0.3, 0.4) is 0 Å². The Kier molecular flexibility index (Phi) is 9.57. The third-order valence-electron chi connectivity index (χ3n) is 6.79. The zero-order valence-electron chi connectivity index (χ0n) is 23.3. The highest BCUT2D eigenvalue weighted by Crippen LogP contribution is 2.47. The Bertz CT molecular complexity index is 1910. The molecule has 2 aromatic carbocycles. The van der Waals surface area contributed by atoms with Crippen molar-refractivity contribution >= 4 is 67.5 Å². The van der Waals surface area contributed by atoms with E-state index >= 15 is 0 Å². The third-order valence-corrected chi connectivity index (χ3v) is 12.5. The summed E-state index contributed by atoms with van der Waals surface area (Å²) in [6.07, 6.45) is 3.99. The first-order valence-electron chi connectivity index (χ1n) is 13.3. The molecule has 0 radical (unpaired) electrons. The number of thioether (sulfide) groups is 1. The van der Waals surface area contributed by atoms with Gasteiger partial charge in [0.1, 0.15) is 0 Å². The quantitative estimate of drug-likeness (QED) is 0.128. The highest BCUT2D eigenvalue weighted by Gasteiger charge is 2.20. The summed E-state index contributed by atoms with van der Waals surface area (Å²) in [5.41, 5.74) is 3.74. The lowest BCUT2D eigenvalue weighted by atomic mass is 10.1. The molecule has 43 heavy (non-hydrogen) atoms. The first-order valence-corrected chi connectivity index (χ1v) is 18.8. The third kappa shape index (κ3) is 7.47. The molecule has 0 aliphatic carbocycles. The SMILES string of the molecule is CSc1cccc(-c2cc(CCC(=O)O)c(-c3ccc(-c4sc(-c5cccc(S(C)(=O)=O)c5)cc4CCC(=O)O)s3)s2)c1. The first-order chi connectivity index (χ1) is 20.5. The van der Waals surface area contributed by atoms with E-state index < -0.39 is 21.8 Å². The van der Waals surface area contributed by atoms with Crippen molar-refractivity contribution in [3.63, 3.8) is 0 Å². The highest BCUT2D eigenvalue weighted by atomic mass is 32.2. The minimum Gasteiger partial charge on any atom is -0.481 e. The van der Waals surface area contributed by atoms with Gasteiger partial charge in [-0.25, -0.2) is 8.42 Å². The van der Waals surface area contributed by atoms with Gasteiger partial charge in [0.15, 0.2) is 9.84 Å². The molecule has 0 saturated heterocycles. The second-order valence-electron chi connectivity index (χ2n) is 9.91. The van der Waals surface area contributed by atoms with Crippen LogP contribution in [0.4, 0.5) is 0 Å². The van der Waals surface area contributed by atoms with Gasteiger partial charge in [-0.1, -0.05) is 24.3 Å². The molecular weight excluding hydrogens is 641 g/mol. The normalized spacial score (nSPS) is 11.6. The number of benzene rings is 2. The van der Waals surface area contributed by atoms with Crippen molar-refractivity contribution in [1.82, 2.24) is 0 Å². The van der Waals surface area contributed by atoms with Crippen LogP contribution in [0.5, 0.6) is 0 Å². The first kappa shape index (κ1) is 31.2. The molecule has 0 saturated carbocycles. The Balaban J connectivity index is 1.56. The van der Waals surface area contributed by atoms with E-state index in [2.05, 4.69) is 24.3 Å². The van der Waals surface area contributed by atoms with Gasteiger partial charge in [0, 0.05) is 53.3 Å². The van der Waals surface area contributed by atoms with Gasteiger partial charge in [0.05, 0.1) is 4.90 Å². The van der Waals surface area contributed by atoms with Gasteiger partial charge in [-0.2, -0.15) is 0 Å². The average molecular weight is 669 g/mol. The van der Waals surface area contributed by atoms with Crippen LogP contribution in [0.2, 0.25) is 0 Å². The summed E-state index contributed by atoms with van der Waals surface area (Å²) in [4.78, 5) is 30.2. The predicted molar refractivity (Wildman–Crippen MR) is 179 cm³/mol. The van der Waals surface area contributed by atoms with Gasteiger partial charge in [-0.15, -0.1) is 45.8 Å². The molecule has 0 aliphatic heterocycles. The lowest BCUT2D eigenvalue weighted by Crippen LogP contribution is -1.97. The molecule has 3 heterocycles. The zero-order chi connectivity index (χ0) is 30.7. The topological polar surface area (TPSA) is 109 Å². The number of aryl methyl sites for hydroxylation is 2. The van der Waals surface area contributed by atoms with E-state index in [0.29, 0.717) is 12.8 Å². The molecule has 0 bridgehead atoms. The van der Waals surface area contributed by atoms with Crippen LogP contribution in [-0.4, -0.2) is 43.1 Å². The Hall–Kier alpha value is -3.22. The van der Waals surface area contributed by atoms with Gasteiger partial charge in [0.25, 0.3) is 0 Å². The van der Waals surface area contributed by atoms with Crippen molar-refractivity contribution < 1.29 is 28.2 Å². The number of thiophene rings is 3. The number of sulfone groups is 1. The van der Waals surface area contributed by atoms with Gasteiger partial charge < -0.3 is 10.2 Å². The summed E-state index contributed by atoms with van der Waals surface area (Å²) >= 11 is 6.43. The molecule has 5 aromatic rings. The fourth-order valence-corrected chi connectivity index (χ4v) is 9.49. The van der Waals surface area contributed by atoms with Crippen LogP contribution in [0.1, 0.15) is 24.0 Å². The minimum absolute atomic E-state index is 0.0203. The number of aliphatic carboxylic acids is 2. The molecule has 5 rings (SSSR count). The monoisotopic (exact) mass is 668 g/mol. The van der Waals surface area contributed by atoms with Crippen LogP contribution in [0.15, 0.2) is 82.6 Å². The Morgan fingerprint density at radius 1 is 0.698 bits per heavy atom. The molecule has 6 nitrogen and oxygen atoms in total. The lowest BCUT2D eigenvalue weighted by Gasteiger charge is -2.01. The van der Waals surface area contributed by atoms with E-state index in [4.69, 9.17) is 0 Å². The smallest absolute Gasteiger partial charge is 0.303 e. The Labute approximate surface area is 266 Å². The minimum atomic E-state index is -3.38. The van der Waals surface area contributed by atoms with E-state index in [1.54, 1.807) is 52.6 Å². The highest BCUT2D eigenvalue weighted by molar-refractivity contribution is 7.98. The average Bonchev–Trinajstić information content (AvgIpc) is 3.73. The molecule has 2 N–H and O–H groups in total. The molecule has 0 fully saturated rings. The molecule has 0 unspecified atom stereocenters. The summed E-state index contributed by atoms with van der Waals surface area (Å²) in [6, 6.07) is 23.2. The zero-order valence-corrected chi connectivity index (χ0v) is 27.4. The van der Waals surface area contributed by atoms with Crippen molar-refractivity contribution in [2.24, 2.45) is 0 Å². The number of carboxylic acid groups (broad SMARTS) is 2. The van der Waals surface area contributed by atoms with E-state index in [1.807, 2.05) is 36.6 Å². The molecule has 0 atom stereocenters. The fourth-order valence-electron chi connectivity index (χ4n) is 4.65. The summed E-state index contributed by atoms with van der Waals surface area (Å²) in [6.45, 7) is 0. The van der Waals surface area contributed by atoms with Crippen LogP contribution < -0.4 is 0 Å². The van der Waals surface area contributed by atoms with Crippen LogP contribution >= 0.6 is 45.8 Å². The van der Waals surface area contributed by atoms with Crippen molar-refractivity contribution in [2.45, 2.75) is 35.5 Å². The van der Waals surface area contributed by atoms with Gasteiger partial charge >= 0.3 is 11.9 Å².